The van der Waals surface area contributed by atoms with Crippen LogP contribution in [0.5, 0.6) is 0 Å². The maximum Gasteiger partial charge on any atom is 0.0274 e. The van der Waals surface area contributed by atoms with Gasteiger partial charge in [-0.2, -0.15) is 0 Å². The molecule has 1 rings (SSSR count). The zero-order valence-corrected chi connectivity index (χ0v) is 10.3. The van der Waals surface area contributed by atoms with Crippen LogP contribution in [-0.2, 0) is 6.42 Å². The third-order valence-electron chi connectivity index (χ3n) is 3.02. The number of nitrogens with zero attached hydrogens (tertiary/aromatic N) is 1. The smallest absolute Gasteiger partial charge is 0.0274 e. The van der Waals surface area contributed by atoms with Gasteiger partial charge in [-0.15, -0.1) is 0 Å². The van der Waals surface area contributed by atoms with Crippen LogP contribution in [0.3, 0.4) is 0 Å². The number of rotatable bonds is 6. The Balaban J connectivity index is 2.38. The van der Waals surface area contributed by atoms with Crippen molar-refractivity contribution in [2.24, 2.45) is 0 Å². The summed E-state index contributed by atoms with van der Waals surface area (Å²) in [5.41, 5.74) is 1.52. The molecule has 0 fully saturated rings. The first kappa shape index (κ1) is 12.3. The minimum Gasteiger partial charge on any atom is -0.365 e. The standard InChI is InChI=1S/C12H23N3/c1-12(2,10-13-3)15(4)9-7-11-6-5-8-14-11/h5-6,8,13-14H,7,9-10H2,1-4H3. The molecule has 0 aliphatic heterocycles. The molecule has 1 heterocycles. The van der Waals surface area contributed by atoms with E-state index in [0.29, 0.717) is 0 Å². The van der Waals surface area contributed by atoms with Crippen molar-refractivity contribution in [2.45, 2.75) is 25.8 Å². The molecular formula is C12H23N3. The van der Waals surface area contributed by atoms with Crippen LogP contribution in [0.4, 0.5) is 0 Å². The lowest BCUT2D eigenvalue weighted by molar-refractivity contribution is 0.157. The summed E-state index contributed by atoms with van der Waals surface area (Å²) in [4.78, 5) is 5.63. The van der Waals surface area contributed by atoms with Crippen molar-refractivity contribution >= 4 is 0 Å². The lowest BCUT2D eigenvalue weighted by atomic mass is 10.0. The van der Waals surface area contributed by atoms with Gasteiger partial charge in [0.2, 0.25) is 0 Å². The summed E-state index contributed by atoms with van der Waals surface area (Å²) in [5, 5.41) is 3.23. The fourth-order valence-corrected chi connectivity index (χ4v) is 1.68. The highest BCUT2D eigenvalue weighted by Crippen LogP contribution is 2.11. The molecule has 0 amide bonds. The third-order valence-corrected chi connectivity index (χ3v) is 3.02. The molecule has 15 heavy (non-hydrogen) atoms. The van der Waals surface area contributed by atoms with E-state index in [9.17, 15) is 0 Å². The monoisotopic (exact) mass is 209 g/mol. The maximum atomic E-state index is 3.23. The van der Waals surface area contributed by atoms with Gasteiger partial charge in [-0.3, -0.25) is 4.90 Å². The largest absolute Gasteiger partial charge is 0.365 e. The van der Waals surface area contributed by atoms with E-state index >= 15 is 0 Å². The molecule has 0 aliphatic carbocycles. The third kappa shape index (κ3) is 3.68. The minimum atomic E-state index is 0.210. The first-order valence-electron chi connectivity index (χ1n) is 5.54. The van der Waals surface area contributed by atoms with Crippen molar-refractivity contribution in [3.63, 3.8) is 0 Å². The minimum absolute atomic E-state index is 0.210. The highest BCUT2D eigenvalue weighted by molar-refractivity contribution is 5.04. The molecule has 3 heteroatoms. The van der Waals surface area contributed by atoms with Gasteiger partial charge in [0.15, 0.2) is 0 Å². The Hall–Kier alpha value is -0.800. The van der Waals surface area contributed by atoms with Gasteiger partial charge in [0.05, 0.1) is 0 Å². The van der Waals surface area contributed by atoms with E-state index in [1.54, 1.807) is 0 Å². The Labute approximate surface area is 92.9 Å². The number of H-pyrrole nitrogens is 1. The number of nitrogens with one attached hydrogen (secondary N) is 2. The second-order valence-electron chi connectivity index (χ2n) is 4.71. The molecule has 0 atom stereocenters. The molecule has 0 radical (unpaired) electrons. The molecule has 1 aromatic rings. The zero-order chi connectivity index (χ0) is 11.3. The molecule has 0 aliphatic rings. The fraction of sp³-hybridized carbons (Fsp3) is 0.667. The topological polar surface area (TPSA) is 31.1 Å². The van der Waals surface area contributed by atoms with Gasteiger partial charge < -0.3 is 10.3 Å². The number of hydrogen-bond donors (Lipinski definition) is 2. The van der Waals surface area contributed by atoms with Gasteiger partial charge >= 0.3 is 0 Å². The average Bonchev–Trinajstić information content (AvgIpc) is 2.66. The van der Waals surface area contributed by atoms with E-state index in [2.05, 4.69) is 42.2 Å². The lowest BCUT2D eigenvalue weighted by Gasteiger charge is -2.35. The van der Waals surface area contributed by atoms with Crippen LogP contribution in [-0.4, -0.2) is 42.6 Å². The van der Waals surface area contributed by atoms with Gasteiger partial charge in [-0.1, -0.05) is 0 Å². The van der Waals surface area contributed by atoms with Crippen molar-refractivity contribution < 1.29 is 0 Å². The number of hydrogen-bond acceptors (Lipinski definition) is 2. The van der Waals surface area contributed by atoms with Crippen molar-refractivity contribution in [3.05, 3.63) is 24.0 Å². The quantitative estimate of drug-likeness (QED) is 0.743. The van der Waals surface area contributed by atoms with E-state index in [-0.39, 0.29) is 5.54 Å². The van der Waals surface area contributed by atoms with Gasteiger partial charge in [0.25, 0.3) is 0 Å². The van der Waals surface area contributed by atoms with Gasteiger partial charge in [0.1, 0.15) is 0 Å². The van der Waals surface area contributed by atoms with Crippen molar-refractivity contribution in [1.82, 2.24) is 15.2 Å². The zero-order valence-electron chi connectivity index (χ0n) is 10.3. The average molecular weight is 209 g/mol. The van der Waals surface area contributed by atoms with Crippen molar-refractivity contribution in [3.8, 4) is 0 Å². The number of aromatic amines is 1. The Morgan fingerprint density at radius 1 is 1.47 bits per heavy atom. The van der Waals surface area contributed by atoms with Gasteiger partial charge in [-0.25, -0.2) is 0 Å². The Morgan fingerprint density at radius 3 is 2.73 bits per heavy atom. The first-order valence-corrected chi connectivity index (χ1v) is 5.54. The first-order chi connectivity index (χ1) is 7.06. The summed E-state index contributed by atoms with van der Waals surface area (Å²) in [6, 6.07) is 4.19. The second-order valence-corrected chi connectivity index (χ2v) is 4.71. The maximum absolute atomic E-state index is 3.23. The van der Waals surface area contributed by atoms with Crippen LogP contribution in [0.1, 0.15) is 19.5 Å². The Bertz CT molecular complexity index is 264. The Kier molecular flexibility index (Phi) is 4.36. The summed E-state index contributed by atoms with van der Waals surface area (Å²) in [6.45, 7) is 6.61. The highest BCUT2D eigenvalue weighted by atomic mass is 15.2. The van der Waals surface area contributed by atoms with Crippen LogP contribution < -0.4 is 5.32 Å². The van der Waals surface area contributed by atoms with Crippen LogP contribution in [0.2, 0.25) is 0 Å². The number of aromatic nitrogens is 1. The van der Waals surface area contributed by atoms with E-state index < -0.39 is 0 Å². The molecule has 0 unspecified atom stereocenters. The van der Waals surface area contributed by atoms with Crippen LogP contribution in [0.25, 0.3) is 0 Å². The normalized spacial score (nSPS) is 12.3. The summed E-state index contributed by atoms with van der Waals surface area (Å²) < 4.78 is 0. The lowest BCUT2D eigenvalue weighted by Crippen LogP contribution is -2.48. The fourth-order valence-electron chi connectivity index (χ4n) is 1.68. The summed E-state index contributed by atoms with van der Waals surface area (Å²) in [5.74, 6) is 0. The van der Waals surface area contributed by atoms with Gasteiger partial charge in [0, 0.05) is 36.9 Å². The SMILES string of the molecule is CNCC(C)(C)N(C)CCc1ccc[nH]1. The summed E-state index contributed by atoms with van der Waals surface area (Å²) in [6.07, 6.45) is 3.06. The van der Waals surface area contributed by atoms with Gasteiger partial charge in [-0.05, 0) is 40.1 Å². The molecule has 0 spiro atoms. The molecular weight excluding hydrogens is 186 g/mol. The van der Waals surface area contributed by atoms with Crippen molar-refractivity contribution in [1.29, 1.82) is 0 Å². The van der Waals surface area contributed by atoms with E-state index in [1.807, 2.05) is 19.3 Å². The molecule has 0 saturated heterocycles. The van der Waals surface area contributed by atoms with Crippen LogP contribution in [0.15, 0.2) is 18.3 Å². The predicted molar refractivity (Wildman–Crippen MR) is 65.1 cm³/mol. The van der Waals surface area contributed by atoms with Crippen LogP contribution >= 0.6 is 0 Å². The highest BCUT2D eigenvalue weighted by Gasteiger charge is 2.21. The number of likely N-dealkylation sites (N-methyl/N-ethyl adjacent to an activating group) is 2. The molecule has 2 N–H and O–H groups in total. The summed E-state index contributed by atoms with van der Waals surface area (Å²) in [7, 11) is 4.18. The van der Waals surface area contributed by atoms with Crippen LogP contribution in [0, 0.1) is 0 Å². The second kappa shape index (κ2) is 5.33. The predicted octanol–water partition coefficient (Wildman–Crippen LogP) is 1.49. The summed E-state index contributed by atoms with van der Waals surface area (Å²) >= 11 is 0. The molecule has 3 nitrogen and oxygen atoms in total. The van der Waals surface area contributed by atoms with E-state index in [0.717, 1.165) is 19.5 Å². The van der Waals surface area contributed by atoms with E-state index in [1.165, 1.54) is 5.69 Å². The molecule has 86 valence electrons. The molecule has 0 saturated carbocycles. The molecule has 0 aromatic carbocycles. The molecule has 0 bridgehead atoms. The Morgan fingerprint density at radius 2 is 2.20 bits per heavy atom. The van der Waals surface area contributed by atoms with E-state index in [4.69, 9.17) is 0 Å². The molecule has 1 aromatic heterocycles. The van der Waals surface area contributed by atoms with Crippen molar-refractivity contribution in [2.75, 3.05) is 27.2 Å².